The summed E-state index contributed by atoms with van der Waals surface area (Å²) in [7, 11) is 0. The number of hydrogen-bond acceptors (Lipinski definition) is 5. The lowest BCUT2D eigenvalue weighted by Gasteiger charge is -2.06. The van der Waals surface area contributed by atoms with Crippen LogP contribution in [-0.2, 0) is 14.3 Å². The number of hydrogen-bond donors (Lipinski definition) is 3. The van der Waals surface area contributed by atoms with Gasteiger partial charge in [0.25, 0.3) is 0 Å². The van der Waals surface area contributed by atoms with Crippen molar-refractivity contribution in [2.75, 3.05) is 39.5 Å². The Morgan fingerprint density at radius 2 is 1.60 bits per heavy atom. The second kappa shape index (κ2) is 14.5. The van der Waals surface area contributed by atoms with Crippen molar-refractivity contribution in [3.8, 4) is 5.75 Å². The predicted molar refractivity (Wildman–Crippen MR) is 99.3 cm³/mol. The van der Waals surface area contributed by atoms with Gasteiger partial charge in [-0.1, -0.05) is 12.1 Å². The Morgan fingerprint density at radius 1 is 1.00 bits per heavy atom. The van der Waals surface area contributed by atoms with E-state index in [-0.39, 0.29) is 11.7 Å². The van der Waals surface area contributed by atoms with Crippen molar-refractivity contribution in [3.63, 3.8) is 0 Å². The topological polar surface area (TPSA) is 93.8 Å². The van der Waals surface area contributed by atoms with Gasteiger partial charge in [-0.15, -0.1) is 0 Å². The largest absolute Gasteiger partial charge is 0.508 e. The fourth-order valence-electron chi connectivity index (χ4n) is 2.00. The van der Waals surface area contributed by atoms with E-state index in [1.54, 1.807) is 30.3 Å². The van der Waals surface area contributed by atoms with E-state index in [1.165, 1.54) is 6.08 Å². The van der Waals surface area contributed by atoms with Crippen molar-refractivity contribution >= 4 is 12.0 Å². The number of nitrogens with one attached hydrogen (secondary N) is 1. The van der Waals surface area contributed by atoms with Gasteiger partial charge in [0.2, 0.25) is 5.91 Å². The molecule has 0 aromatic heterocycles. The summed E-state index contributed by atoms with van der Waals surface area (Å²) in [6, 6.07) is 6.66. The molecule has 0 aliphatic heterocycles. The molecule has 0 spiro atoms. The molecular weight excluding hydrogens is 320 g/mol. The van der Waals surface area contributed by atoms with E-state index < -0.39 is 0 Å². The van der Waals surface area contributed by atoms with Crippen LogP contribution in [0.4, 0.5) is 0 Å². The van der Waals surface area contributed by atoms with Gasteiger partial charge in [0.15, 0.2) is 0 Å². The molecule has 1 rings (SSSR count). The molecule has 0 unspecified atom stereocenters. The summed E-state index contributed by atoms with van der Waals surface area (Å²) >= 11 is 0. The third-order valence-corrected chi connectivity index (χ3v) is 3.41. The molecule has 0 saturated carbocycles. The summed E-state index contributed by atoms with van der Waals surface area (Å²) < 4.78 is 10.9. The Hall–Kier alpha value is -1.89. The Balaban J connectivity index is 1.92. The summed E-state index contributed by atoms with van der Waals surface area (Å²) in [4.78, 5) is 11.7. The number of aromatic hydroxyl groups is 1. The van der Waals surface area contributed by atoms with E-state index in [2.05, 4.69) is 5.32 Å². The van der Waals surface area contributed by atoms with Gasteiger partial charge >= 0.3 is 0 Å². The summed E-state index contributed by atoms with van der Waals surface area (Å²) in [5, 5.41) is 12.0. The van der Waals surface area contributed by atoms with Crippen molar-refractivity contribution in [1.82, 2.24) is 5.32 Å². The summed E-state index contributed by atoms with van der Waals surface area (Å²) in [5.74, 6) is 0.0726. The van der Waals surface area contributed by atoms with Crippen molar-refractivity contribution in [1.29, 1.82) is 0 Å². The van der Waals surface area contributed by atoms with E-state index in [0.29, 0.717) is 19.7 Å². The SMILES string of the molecule is NCCCOCCCCOCCCNC(=O)/C=C/c1ccc(O)cc1. The number of amides is 1. The molecule has 0 aliphatic carbocycles. The maximum Gasteiger partial charge on any atom is 0.244 e. The highest BCUT2D eigenvalue weighted by Crippen LogP contribution is 2.10. The smallest absolute Gasteiger partial charge is 0.244 e. The molecule has 0 fully saturated rings. The van der Waals surface area contributed by atoms with Crippen LogP contribution in [0.1, 0.15) is 31.2 Å². The molecular formula is C19H30N2O4. The zero-order valence-corrected chi connectivity index (χ0v) is 14.8. The van der Waals surface area contributed by atoms with Gasteiger partial charge in [-0.2, -0.15) is 0 Å². The van der Waals surface area contributed by atoms with Crippen LogP contribution < -0.4 is 11.1 Å². The predicted octanol–water partition coefficient (Wildman–Crippen LogP) is 2.07. The van der Waals surface area contributed by atoms with Crippen LogP contribution in [0.25, 0.3) is 6.08 Å². The Kier molecular flexibility index (Phi) is 12.2. The first-order valence-electron chi connectivity index (χ1n) is 8.83. The lowest BCUT2D eigenvalue weighted by Crippen LogP contribution is -2.23. The Morgan fingerprint density at radius 3 is 2.24 bits per heavy atom. The molecule has 25 heavy (non-hydrogen) atoms. The average molecular weight is 350 g/mol. The van der Waals surface area contributed by atoms with Crippen LogP contribution in [0.2, 0.25) is 0 Å². The number of unbranched alkanes of at least 4 members (excludes halogenated alkanes) is 1. The van der Waals surface area contributed by atoms with Crippen LogP contribution in [0.15, 0.2) is 30.3 Å². The lowest BCUT2D eigenvalue weighted by molar-refractivity contribution is -0.116. The van der Waals surface area contributed by atoms with E-state index in [9.17, 15) is 9.90 Å². The number of phenolic OH excluding ortho intramolecular Hbond substituents is 1. The van der Waals surface area contributed by atoms with E-state index in [1.807, 2.05) is 0 Å². The van der Waals surface area contributed by atoms with Crippen LogP contribution in [0, 0.1) is 0 Å². The highest BCUT2D eigenvalue weighted by atomic mass is 16.5. The summed E-state index contributed by atoms with van der Waals surface area (Å²) in [6.07, 6.45) is 6.85. The van der Waals surface area contributed by atoms with Crippen molar-refractivity contribution in [3.05, 3.63) is 35.9 Å². The number of carbonyl (C=O) groups is 1. The molecule has 140 valence electrons. The number of phenols is 1. The van der Waals surface area contributed by atoms with E-state index >= 15 is 0 Å². The normalized spacial score (nSPS) is 11.1. The van der Waals surface area contributed by atoms with Crippen LogP contribution in [0.5, 0.6) is 5.75 Å². The zero-order chi connectivity index (χ0) is 18.2. The lowest BCUT2D eigenvalue weighted by atomic mass is 10.2. The minimum absolute atomic E-state index is 0.136. The number of nitrogens with two attached hydrogens (primary N) is 1. The maximum atomic E-state index is 11.7. The molecule has 1 amide bonds. The van der Waals surface area contributed by atoms with Crippen LogP contribution >= 0.6 is 0 Å². The van der Waals surface area contributed by atoms with Gasteiger partial charge in [-0.05, 0) is 56.0 Å². The van der Waals surface area contributed by atoms with Gasteiger partial charge in [-0.25, -0.2) is 0 Å². The second-order valence-corrected chi connectivity index (χ2v) is 5.64. The first kappa shape index (κ1) is 21.2. The third-order valence-electron chi connectivity index (χ3n) is 3.41. The highest BCUT2D eigenvalue weighted by Gasteiger charge is 1.96. The minimum atomic E-state index is -0.136. The molecule has 0 aliphatic rings. The molecule has 6 nitrogen and oxygen atoms in total. The van der Waals surface area contributed by atoms with E-state index in [4.69, 9.17) is 15.2 Å². The molecule has 0 radical (unpaired) electrons. The molecule has 0 atom stereocenters. The molecule has 0 bridgehead atoms. The van der Waals surface area contributed by atoms with Gasteiger partial charge < -0.3 is 25.6 Å². The van der Waals surface area contributed by atoms with Gasteiger partial charge in [-0.3, -0.25) is 4.79 Å². The van der Waals surface area contributed by atoms with Crippen molar-refractivity contribution in [2.24, 2.45) is 5.73 Å². The number of ether oxygens (including phenoxy) is 2. The minimum Gasteiger partial charge on any atom is -0.508 e. The molecule has 4 N–H and O–H groups in total. The first-order chi connectivity index (χ1) is 12.2. The quantitative estimate of drug-likeness (QED) is 0.353. The number of carbonyl (C=O) groups excluding carboxylic acids is 1. The molecule has 0 heterocycles. The van der Waals surface area contributed by atoms with Gasteiger partial charge in [0.1, 0.15) is 5.75 Å². The molecule has 1 aromatic carbocycles. The van der Waals surface area contributed by atoms with Gasteiger partial charge in [0, 0.05) is 39.0 Å². The fourth-order valence-corrected chi connectivity index (χ4v) is 2.00. The second-order valence-electron chi connectivity index (χ2n) is 5.64. The average Bonchev–Trinajstić information content (AvgIpc) is 2.62. The number of rotatable bonds is 14. The zero-order valence-electron chi connectivity index (χ0n) is 14.8. The Labute approximate surface area is 150 Å². The fraction of sp³-hybridized carbons (Fsp3) is 0.526. The maximum absolute atomic E-state index is 11.7. The van der Waals surface area contributed by atoms with Crippen LogP contribution in [-0.4, -0.2) is 50.5 Å². The molecule has 1 aromatic rings. The van der Waals surface area contributed by atoms with Crippen molar-refractivity contribution in [2.45, 2.75) is 25.7 Å². The van der Waals surface area contributed by atoms with Crippen LogP contribution in [0.3, 0.4) is 0 Å². The summed E-state index contributed by atoms with van der Waals surface area (Å²) in [6.45, 7) is 4.10. The van der Waals surface area contributed by atoms with Gasteiger partial charge in [0.05, 0.1) is 0 Å². The monoisotopic (exact) mass is 350 g/mol. The molecule has 0 saturated heterocycles. The standard InChI is InChI=1S/C19H30N2O4/c20-11-3-15-24-13-1-2-14-25-16-4-12-21-19(23)10-7-17-5-8-18(22)9-6-17/h5-10,22H,1-4,11-16,20H2,(H,21,23)/b10-7+. The Bertz CT molecular complexity index is 489. The third kappa shape index (κ3) is 12.2. The van der Waals surface area contributed by atoms with E-state index in [0.717, 1.165) is 51.1 Å². The van der Waals surface area contributed by atoms with Crippen molar-refractivity contribution < 1.29 is 19.4 Å². The summed E-state index contributed by atoms with van der Waals surface area (Å²) in [5.41, 5.74) is 6.24. The first-order valence-corrected chi connectivity index (χ1v) is 8.83. The molecule has 6 heteroatoms. The number of benzene rings is 1. The highest BCUT2D eigenvalue weighted by molar-refractivity contribution is 5.91.